The summed E-state index contributed by atoms with van der Waals surface area (Å²) in [6, 6.07) is 6.23. The van der Waals surface area contributed by atoms with Gasteiger partial charge in [0.15, 0.2) is 0 Å². The summed E-state index contributed by atoms with van der Waals surface area (Å²) in [7, 11) is 0. The average molecular weight is 289 g/mol. The Morgan fingerprint density at radius 3 is 2.86 bits per heavy atom. The Balaban J connectivity index is 1.66. The van der Waals surface area contributed by atoms with Gasteiger partial charge in [0.1, 0.15) is 0 Å². The van der Waals surface area contributed by atoms with Gasteiger partial charge in [-0.1, -0.05) is 12.5 Å². The Morgan fingerprint density at radius 2 is 2.05 bits per heavy atom. The molecule has 3 unspecified atom stereocenters. The van der Waals surface area contributed by atoms with Crippen LogP contribution in [0, 0.1) is 11.8 Å². The van der Waals surface area contributed by atoms with Crippen LogP contribution in [0.15, 0.2) is 23.0 Å². The number of fused-ring (bicyclic) bond motifs is 1. The second-order valence-electron chi connectivity index (χ2n) is 6.15. The summed E-state index contributed by atoms with van der Waals surface area (Å²) >= 11 is 0. The van der Waals surface area contributed by atoms with Crippen molar-refractivity contribution in [1.82, 2.24) is 15.3 Å². The van der Waals surface area contributed by atoms with Crippen LogP contribution in [0.3, 0.4) is 0 Å². The lowest BCUT2D eigenvalue weighted by atomic mass is 9.96. The summed E-state index contributed by atoms with van der Waals surface area (Å²) in [6.45, 7) is 3.38. The first-order valence-electron chi connectivity index (χ1n) is 7.73. The third-order valence-corrected chi connectivity index (χ3v) is 4.78. The van der Waals surface area contributed by atoms with E-state index in [-0.39, 0.29) is 11.7 Å². The average Bonchev–Trinajstić information content (AvgIpc) is 3.08. The maximum Gasteiger partial charge on any atom is 0.323 e. The molecule has 1 aliphatic rings. The van der Waals surface area contributed by atoms with Crippen molar-refractivity contribution < 1.29 is 5.11 Å². The second-order valence-corrected chi connectivity index (χ2v) is 6.15. The molecule has 1 aromatic heterocycles. The Hall–Kier alpha value is -1.59. The number of hydrogen-bond acceptors (Lipinski definition) is 3. The summed E-state index contributed by atoms with van der Waals surface area (Å²) < 4.78 is 0. The van der Waals surface area contributed by atoms with Gasteiger partial charge in [-0.3, -0.25) is 0 Å². The van der Waals surface area contributed by atoms with E-state index in [0.29, 0.717) is 18.4 Å². The highest BCUT2D eigenvalue weighted by Gasteiger charge is 2.26. The lowest BCUT2D eigenvalue weighted by Gasteiger charge is -2.21. The van der Waals surface area contributed by atoms with E-state index in [9.17, 15) is 9.90 Å². The van der Waals surface area contributed by atoms with E-state index in [1.54, 1.807) is 0 Å². The minimum Gasteiger partial charge on any atom is -0.396 e. The number of nitrogens with one attached hydrogen (secondary N) is 3. The van der Waals surface area contributed by atoms with Crippen LogP contribution in [0.25, 0.3) is 11.0 Å². The molecule has 114 valence electrons. The van der Waals surface area contributed by atoms with Gasteiger partial charge >= 0.3 is 5.69 Å². The number of aliphatic hydroxyl groups is 1. The van der Waals surface area contributed by atoms with E-state index >= 15 is 0 Å². The third kappa shape index (κ3) is 3.04. The quantitative estimate of drug-likeness (QED) is 0.679. The molecule has 5 heteroatoms. The van der Waals surface area contributed by atoms with Crippen molar-refractivity contribution in [3.05, 3.63) is 34.2 Å². The molecule has 21 heavy (non-hydrogen) atoms. The molecule has 0 amide bonds. The lowest BCUT2D eigenvalue weighted by molar-refractivity contribution is 0.190. The molecule has 1 saturated carbocycles. The summed E-state index contributed by atoms with van der Waals surface area (Å²) in [6.07, 6.45) is 3.57. The zero-order valence-electron chi connectivity index (χ0n) is 12.4. The molecule has 1 aromatic carbocycles. The zero-order chi connectivity index (χ0) is 14.8. The van der Waals surface area contributed by atoms with Gasteiger partial charge < -0.3 is 20.4 Å². The second kappa shape index (κ2) is 6.03. The van der Waals surface area contributed by atoms with Gasteiger partial charge in [-0.05, 0) is 55.8 Å². The van der Waals surface area contributed by atoms with Crippen molar-refractivity contribution in [3.8, 4) is 0 Å². The van der Waals surface area contributed by atoms with E-state index in [2.05, 4.69) is 22.2 Å². The summed E-state index contributed by atoms with van der Waals surface area (Å²) in [5.41, 5.74) is 2.68. The van der Waals surface area contributed by atoms with Gasteiger partial charge in [-0.15, -0.1) is 0 Å². The van der Waals surface area contributed by atoms with E-state index in [1.807, 2.05) is 18.2 Å². The Kier molecular flexibility index (Phi) is 4.12. The van der Waals surface area contributed by atoms with Crippen LogP contribution in [0.2, 0.25) is 0 Å². The molecule has 0 aliphatic heterocycles. The maximum absolute atomic E-state index is 11.3. The molecule has 0 spiro atoms. The van der Waals surface area contributed by atoms with Gasteiger partial charge in [-0.2, -0.15) is 0 Å². The van der Waals surface area contributed by atoms with Crippen LogP contribution in [-0.4, -0.2) is 28.2 Å². The molecule has 4 N–H and O–H groups in total. The van der Waals surface area contributed by atoms with Crippen molar-refractivity contribution in [2.24, 2.45) is 11.8 Å². The van der Waals surface area contributed by atoms with Gasteiger partial charge in [-0.25, -0.2) is 4.79 Å². The highest BCUT2D eigenvalue weighted by atomic mass is 16.3. The molecule has 1 fully saturated rings. The fourth-order valence-electron chi connectivity index (χ4n) is 3.39. The number of benzene rings is 1. The molecular weight excluding hydrogens is 266 g/mol. The standard InChI is InChI=1S/C16H23N3O2/c1-10(17-8-12-3-2-4-13(12)9-20)11-5-6-14-15(7-11)19-16(21)18-14/h5-7,10,12-13,17,20H,2-4,8-9H2,1H3,(H2,18,19,21). The van der Waals surface area contributed by atoms with E-state index < -0.39 is 0 Å². The predicted molar refractivity (Wildman–Crippen MR) is 83.3 cm³/mol. The van der Waals surface area contributed by atoms with Gasteiger partial charge in [0, 0.05) is 12.6 Å². The fourth-order valence-corrected chi connectivity index (χ4v) is 3.39. The number of aromatic nitrogens is 2. The Labute approximate surface area is 123 Å². The molecular formula is C16H23N3O2. The third-order valence-electron chi connectivity index (χ3n) is 4.78. The number of H-pyrrole nitrogens is 2. The van der Waals surface area contributed by atoms with Crippen molar-refractivity contribution in [2.75, 3.05) is 13.2 Å². The lowest BCUT2D eigenvalue weighted by Crippen LogP contribution is -2.28. The molecule has 0 radical (unpaired) electrons. The zero-order valence-corrected chi connectivity index (χ0v) is 12.4. The predicted octanol–water partition coefficient (Wildman–Crippen LogP) is 1.92. The molecule has 0 saturated heterocycles. The van der Waals surface area contributed by atoms with Gasteiger partial charge in [0.25, 0.3) is 0 Å². The number of imidazole rings is 1. The van der Waals surface area contributed by atoms with Crippen molar-refractivity contribution in [3.63, 3.8) is 0 Å². The monoisotopic (exact) mass is 289 g/mol. The highest BCUT2D eigenvalue weighted by molar-refractivity contribution is 5.75. The molecule has 3 rings (SSSR count). The Morgan fingerprint density at radius 1 is 1.29 bits per heavy atom. The smallest absolute Gasteiger partial charge is 0.323 e. The molecule has 0 bridgehead atoms. The summed E-state index contributed by atoms with van der Waals surface area (Å²) in [4.78, 5) is 16.8. The van der Waals surface area contributed by atoms with Crippen molar-refractivity contribution >= 4 is 11.0 Å². The van der Waals surface area contributed by atoms with Crippen LogP contribution >= 0.6 is 0 Å². The van der Waals surface area contributed by atoms with Crippen LogP contribution in [-0.2, 0) is 0 Å². The van der Waals surface area contributed by atoms with Crippen LogP contribution in [0.1, 0.15) is 37.8 Å². The minimum atomic E-state index is -0.167. The number of hydrogen-bond donors (Lipinski definition) is 4. The molecule has 1 heterocycles. The number of aromatic amines is 2. The Bertz CT molecular complexity index is 661. The SMILES string of the molecule is CC(NCC1CCCC1CO)c1ccc2[nH]c(=O)[nH]c2c1. The summed E-state index contributed by atoms with van der Waals surface area (Å²) in [5, 5.41) is 12.9. The summed E-state index contributed by atoms with van der Waals surface area (Å²) in [5.74, 6) is 1.03. The highest BCUT2D eigenvalue weighted by Crippen LogP contribution is 2.31. The first-order valence-corrected chi connectivity index (χ1v) is 7.73. The topological polar surface area (TPSA) is 80.9 Å². The molecule has 1 aliphatic carbocycles. The van der Waals surface area contributed by atoms with Gasteiger partial charge in [0.05, 0.1) is 11.0 Å². The fraction of sp³-hybridized carbons (Fsp3) is 0.562. The molecule has 3 atom stereocenters. The van der Waals surface area contributed by atoms with E-state index in [4.69, 9.17) is 0 Å². The molecule has 5 nitrogen and oxygen atoms in total. The first kappa shape index (κ1) is 14.4. The van der Waals surface area contributed by atoms with Crippen molar-refractivity contribution in [1.29, 1.82) is 0 Å². The van der Waals surface area contributed by atoms with Crippen LogP contribution in [0.5, 0.6) is 0 Å². The first-order chi connectivity index (χ1) is 10.2. The van der Waals surface area contributed by atoms with E-state index in [0.717, 1.165) is 29.6 Å². The van der Waals surface area contributed by atoms with Crippen LogP contribution in [0.4, 0.5) is 0 Å². The van der Waals surface area contributed by atoms with Crippen molar-refractivity contribution in [2.45, 2.75) is 32.2 Å². The number of rotatable bonds is 5. The minimum absolute atomic E-state index is 0.167. The number of aliphatic hydroxyl groups excluding tert-OH is 1. The normalized spacial score (nSPS) is 23.7. The molecule has 2 aromatic rings. The largest absolute Gasteiger partial charge is 0.396 e. The maximum atomic E-state index is 11.3. The van der Waals surface area contributed by atoms with Gasteiger partial charge in [0.2, 0.25) is 0 Å². The van der Waals surface area contributed by atoms with E-state index in [1.165, 1.54) is 12.8 Å². The van der Waals surface area contributed by atoms with Crippen LogP contribution < -0.4 is 11.0 Å².